The molecule has 0 bridgehead atoms. The topological polar surface area (TPSA) is 139 Å². The van der Waals surface area contributed by atoms with Gasteiger partial charge in [-0.2, -0.15) is 22.4 Å². The highest BCUT2D eigenvalue weighted by Crippen LogP contribution is 2.39. The Morgan fingerprint density at radius 2 is 2.00 bits per heavy atom. The Kier molecular flexibility index (Phi) is 6.83. The van der Waals surface area contributed by atoms with Crippen LogP contribution in [0.25, 0.3) is 11.0 Å². The second-order valence-electron chi connectivity index (χ2n) is 10.1. The molecule has 0 radical (unpaired) electrons. The third-order valence-corrected chi connectivity index (χ3v) is 9.08. The lowest BCUT2D eigenvalue weighted by molar-refractivity contribution is 0.0267. The fraction of sp³-hybridized carbons (Fsp3) is 0.696. The van der Waals surface area contributed by atoms with Crippen molar-refractivity contribution >= 4 is 27.2 Å². The first-order valence-corrected chi connectivity index (χ1v) is 13.9. The molecule has 1 saturated carbocycles. The van der Waals surface area contributed by atoms with E-state index in [1.807, 2.05) is 0 Å². The van der Waals surface area contributed by atoms with E-state index in [1.165, 1.54) is 10.4 Å². The minimum Gasteiger partial charge on any atom is -0.388 e. The SMILES string of the molecule is CC1(O)CCCC1n1c(=O)ccc2cnc(NC3CCN(S(=O)(=O)NC[C@H]4CCCO4)CC3)nc21. The molecule has 0 aromatic carbocycles. The minimum atomic E-state index is -3.54. The van der Waals surface area contributed by atoms with Crippen molar-refractivity contribution in [3.8, 4) is 0 Å². The van der Waals surface area contributed by atoms with Crippen LogP contribution in [0.2, 0.25) is 0 Å². The van der Waals surface area contributed by atoms with Crippen LogP contribution in [0, 0.1) is 0 Å². The number of anilines is 1. The number of aliphatic hydroxyl groups is 1. The van der Waals surface area contributed by atoms with Crippen LogP contribution >= 0.6 is 0 Å². The van der Waals surface area contributed by atoms with Crippen LogP contribution in [0.3, 0.4) is 0 Å². The quantitative estimate of drug-likeness (QED) is 0.508. The Bertz CT molecular complexity index is 1220. The Hall–Kier alpha value is -2.12. The molecule has 4 heterocycles. The molecule has 12 heteroatoms. The van der Waals surface area contributed by atoms with Gasteiger partial charge in [-0.1, -0.05) is 0 Å². The van der Waals surface area contributed by atoms with Gasteiger partial charge >= 0.3 is 0 Å². The molecule has 2 saturated heterocycles. The smallest absolute Gasteiger partial charge is 0.279 e. The first kappa shape index (κ1) is 24.6. The summed E-state index contributed by atoms with van der Waals surface area (Å²) in [5, 5.41) is 14.9. The molecule has 0 amide bonds. The fourth-order valence-corrected chi connectivity index (χ4v) is 6.74. The predicted octanol–water partition coefficient (Wildman–Crippen LogP) is 1.16. The van der Waals surface area contributed by atoms with Gasteiger partial charge in [0, 0.05) is 49.9 Å². The maximum absolute atomic E-state index is 12.8. The molecule has 3 N–H and O–H groups in total. The van der Waals surface area contributed by atoms with Crippen molar-refractivity contribution in [1.82, 2.24) is 23.6 Å². The van der Waals surface area contributed by atoms with E-state index in [9.17, 15) is 18.3 Å². The van der Waals surface area contributed by atoms with E-state index in [0.29, 0.717) is 63.5 Å². The summed E-state index contributed by atoms with van der Waals surface area (Å²) < 4.78 is 36.6. The number of aromatic nitrogens is 3. The van der Waals surface area contributed by atoms with Gasteiger partial charge in [-0.15, -0.1) is 0 Å². The lowest BCUT2D eigenvalue weighted by Gasteiger charge is -2.32. The average Bonchev–Trinajstić information content (AvgIpc) is 3.47. The molecular formula is C23H34N6O5S. The van der Waals surface area contributed by atoms with Crippen LogP contribution in [-0.2, 0) is 14.9 Å². The molecule has 2 aromatic rings. The molecule has 11 nitrogen and oxygen atoms in total. The molecular weight excluding hydrogens is 472 g/mol. The number of ether oxygens (including phenoxy) is 1. The van der Waals surface area contributed by atoms with Gasteiger partial charge in [0.2, 0.25) is 5.95 Å². The number of fused-ring (bicyclic) bond motifs is 1. The monoisotopic (exact) mass is 506 g/mol. The molecule has 1 aliphatic carbocycles. The van der Waals surface area contributed by atoms with Gasteiger partial charge in [0.05, 0.1) is 17.7 Å². The van der Waals surface area contributed by atoms with Crippen molar-refractivity contribution in [2.24, 2.45) is 0 Å². The van der Waals surface area contributed by atoms with Gasteiger partial charge in [0.15, 0.2) is 0 Å². The molecule has 3 fully saturated rings. The van der Waals surface area contributed by atoms with Crippen LogP contribution in [0.5, 0.6) is 0 Å². The Morgan fingerprint density at radius 3 is 2.69 bits per heavy atom. The number of rotatable bonds is 7. The highest BCUT2D eigenvalue weighted by Gasteiger charge is 2.39. The van der Waals surface area contributed by atoms with E-state index >= 15 is 0 Å². The average molecular weight is 507 g/mol. The summed E-state index contributed by atoms with van der Waals surface area (Å²) in [4.78, 5) is 21.8. The van der Waals surface area contributed by atoms with Crippen LogP contribution in [0.4, 0.5) is 5.95 Å². The summed E-state index contributed by atoms with van der Waals surface area (Å²) in [5.41, 5.74) is -0.656. The van der Waals surface area contributed by atoms with Gasteiger partial charge in [-0.05, 0) is 57.9 Å². The summed E-state index contributed by atoms with van der Waals surface area (Å²) in [7, 11) is -3.54. The standard InChI is InChI=1S/C23H34N6O5S/c1-23(31)10-2-5-19(23)29-20(30)7-6-16-14-24-22(27-21(16)29)26-17-8-11-28(12-9-17)35(32,33)25-15-18-4-3-13-34-18/h6-7,14,17-19,25,31H,2-5,8-13,15H2,1H3,(H,24,26,27)/t18-,19?,23?/m1/s1. The third kappa shape index (κ3) is 5.21. The number of nitrogens with zero attached hydrogens (tertiary/aromatic N) is 4. The molecule has 192 valence electrons. The zero-order valence-corrected chi connectivity index (χ0v) is 20.8. The highest BCUT2D eigenvalue weighted by molar-refractivity contribution is 7.87. The molecule has 3 aliphatic rings. The molecule has 2 unspecified atom stereocenters. The summed E-state index contributed by atoms with van der Waals surface area (Å²) in [5.74, 6) is 0.396. The first-order chi connectivity index (χ1) is 16.7. The number of piperidine rings is 1. The minimum absolute atomic E-state index is 0.00976. The van der Waals surface area contributed by atoms with E-state index in [1.54, 1.807) is 23.8 Å². The van der Waals surface area contributed by atoms with E-state index in [-0.39, 0.29) is 23.7 Å². The van der Waals surface area contributed by atoms with Crippen molar-refractivity contribution in [1.29, 1.82) is 0 Å². The van der Waals surface area contributed by atoms with Crippen LogP contribution in [-0.4, -0.2) is 76.4 Å². The predicted molar refractivity (Wildman–Crippen MR) is 131 cm³/mol. The second-order valence-corrected chi connectivity index (χ2v) is 11.8. The van der Waals surface area contributed by atoms with Crippen molar-refractivity contribution in [2.45, 2.75) is 75.7 Å². The number of nitrogens with one attached hydrogen (secondary N) is 2. The molecule has 3 atom stereocenters. The third-order valence-electron chi connectivity index (χ3n) is 7.50. The Balaban J connectivity index is 1.26. The van der Waals surface area contributed by atoms with Gasteiger partial charge in [-0.3, -0.25) is 9.36 Å². The number of pyridine rings is 1. The second kappa shape index (κ2) is 9.74. The maximum atomic E-state index is 12.8. The van der Waals surface area contributed by atoms with Crippen molar-refractivity contribution in [3.63, 3.8) is 0 Å². The maximum Gasteiger partial charge on any atom is 0.279 e. The largest absolute Gasteiger partial charge is 0.388 e. The van der Waals surface area contributed by atoms with E-state index in [2.05, 4.69) is 20.0 Å². The van der Waals surface area contributed by atoms with Crippen molar-refractivity contribution in [2.75, 3.05) is 31.6 Å². The van der Waals surface area contributed by atoms with Gasteiger partial charge < -0.3 is 15.2 Å². The molecule has 2 aliphatic heterocycles. The summed E-state index contributed by atoms with van der Waals surface area (Å²) in [6, 6.07) is 2.87. The van der Waals surface area contributed by atoms with Gasteiger partial charge in [0.1, 0.15) is 5.65 Å². The fourth-order valence-electron chi connectivity index (χ4n) is 5.47. The normalized spacial score (nSPS) is 28.6. The highest BCUT2D eigenvalue weighted by atomic mass is 32.2. The first-order valence-electron chi connectivity index (χ1n) is 12.5. The summed E-state index contributed by atoms with van der Waals surface area (Å²) >= 11 is 0. The summed E-state index contributed by atoms with van der Waals surface area (Å²) in [6.45, 7) is 3.55. The molecule has 2 aromatic heterocycles. The van der Waals surface area contributed by atoms with Gasteiger partial charge in [0.25, 0.3) is 15.8 Å². The van der Waals surface area contributed by atoms with Crippen LogP contribution in [0.1, 0.15) is 57.9 Å². The lowest BCUT2D eigenvalue weighted by atomic mass is 10.00. The van der Waals surface area contributed by atoms with Gasteiger partial charge in [-0.25, -0.2) is 4.98 Å². The number of hydrogen-bond acceptors (Lipinski definition) is 8. The number of hydrogen-bond donors (Lipinski definition) is 3. The molecule has 0 spiro atoms. The van der Waals surface area contributed by atoms with E-state index in [0.717, 1.165) is 24.6 Å². The van der Waals surface area contributed by atoms with Crippen LogP contribution < -0.4 is 15.6 Å². The Morgan fingerprint density at radius 1 is 1.20 bits per heavy atom. The lowest BCUT2D eigenvalue weighted by Crippen LogP contribution is -2.48. The molecule has 35 heavy (non-hydrogen) atoms. The van der Waals surface area contributed by atoms with E-state index < -0.39 is 15.8 Å². The zero-order chi connectivity index (χ0) is 24.6. The van der Waals surface area contributed by atoms with Crippen molar-refractivity contribution < 1.29 is 18.3 Å². The van der Waals surface area contributed by atoms with E-state index in [4.69, 9.17) is 4.74 Å². The van der Waals surface area contributed by atoms with Crippen molar-refractivity contribution in [3.05, 3.63) is 28.7 Å². The Labute approximate surface area is 205 Å². The summed E-state index contributed by atoms with van der Waals surface area (Å²) in [6.07, 6.45) is 6.91. The zero-order valence-electron chi connectivity index (χ0n) is 20.0. The van der Waals surface area contributed by atoms with Crippen LogP contribution in [0.15, 0.2) is 23.1 Å². The molecule has 5 rings (SSSR count).